The van der Waals surface area contributed by atoms with Gasteiger partial charge in [-0.05, 0) is 25.7 Å². The maximum Gasteiger partial charge on any atom is 0.223 e. The zero-order valence-electron chi connectivity index (χ0n) is 12.5. The van der Waals surface area contributed by atoms with E-state index in [0.29, 0.717) is 6.10 Å². The summed E-state index contributed by atoms with van der Waals surface area (Å²) in [5, 5.41) is 0. The van der Waals surface area contributed by atoms with Gasteiger partial charge in [0, 0.05) is 19.8 Å². The van der Waals surface area contributed by atoms with Crippen molar-refractivity contribution in [3.8, 4) is 0 Å². The largest absolute Gasteiger partial charge is 0.372 e. The van der Waals surface area contributed by atoms with Crippen LogP contribution >= 0.6 is 0 Å². The Bertz CT molecular complexity index is 338. The highest BCUT2D eigenvalue weighted by Crippen LogP contribution is 2.45. The quantitative estimate of drug-likeness (QED) is 0.702. The summed E-state index contributed by atoms with van der Waals surface area (Å²) < 4.78 is 12.6. The van der Waals surface area contributed by atoms with Crippen molar-refractivity contribution in [1.82, 2.24) is 0 Å². The monoisotopic (exact) mass is 265 g/mol. The van der Waals surface area contributed by atoms with Gasteiger partial charge in [0.15, 0.2) is 0 Å². The van der Waals surface area contributed by atoms with Crippen LogP contribution in [-0.4, -0.2) is 30.0 Å². The topological polar surface area (TPSA) is 22.8 Å². The smallest absolute Gasteiger partial charge is 0.223 e. The molecule has 2 rings (SSSR count). The van der Waals surface area contributed by atoms with E-state index in [0.717, 1.165) is 38.5 Å². The van der Waals surface area contributed by atoms with Crippen molar-refractivity contribution in [3.63, 3.8) is 0 Å². The summed E-state index contributed by atoms with van der Waals surface area (Å²) in [7, 11) is 0. The molecule has 2 aliphatic rings. The first-order chi connectivity index (χ1) is 9.13. The highest BCUT2D eigenvalue weighted by molar-refractivity contribution is 5.01. The first-order valence-corrected chi connectivity index (χ1v) is 7.83. The number of ether oxygens (including phenoxy) is 2. The average Bonchev–Trinajstić information content (AvgIpc) is 2.77. The predicted octanol–water partition coefficient (Wildman–Crippen LogP) is 3.97. The van der Waals surface area contributed by atoms with Crippen LogP contribution in [0.15, 0.2) is 0 Å². The first-order valence-electron chi connectivity index (χ1n) is 7.83. The molecular formula is C16H27NO2. The third-order valence-corrected chi connectivity index (χ3v) is 4.70. The third kappa shape index (κ3) is 3.12. The predicted molar refractivity (Wildman–Crippen MR) is 76.0 cm³/mol. The molecular weight excluding hydrogens is 238 g/mol. The Morgan fingerprint density at radius 1 is 1.32 bits per heavy atom. The van der Waals surface area contributed by atoms with E-state index in [1.54, 1.807) is 0 Å². The van der Waals surface area contributed by atoms with E-state index in [4.69, 9.17) is 16.0 Å². The van der Waals surface area contributed by atoms with E-state index in [9.17, 15) is 0 Å². The molecule has 3 heteroatoms. The molecule has 0 radical (unpaired) electrons. The van der Waals surface area contributed by atoms with Crippen molar-refractivity contribution in [3.05, 3.63) is 11.4 Å². The SMILES string of the molecule is [C-]#[N+][C@H](C)CC1CC[C@@H]2O[C@@H](CCC)C[C@]2(CC)O1. The summed E-state index contributed by atoms with van der Waals surface area (Å²) in [6.45, 7) is 13.5. The second kappa shape index (κ2) is 6.24. The van der Waals surface area contributed by atoms with E-state index in [1.165, 1.54) is 6.42 Å². The second-order valence-electron chi connectivity index (χ2n) is 6.19. The Balaban J connectivity index is 2.00. The van der Waals surface area contributed by atoms with Crippen molar-refractivity contribution in [2.45, 2.75) is 95.7 Å². The zero-order valence-corrected chi connectivity index (χ0v) is 12.5. The van der Waals surface area contributed by atoms with Crippen LogP contribution in [0, 0.1) is 6.57 Å². The Morgan fingerprint density at radius 2 is 2.11 bits per heavy atom. The van der Waals surface area contributed by atoms with Gasteiger partial charge in [-0.15, -0.1) is 0 Å². The van der Waals surface area contributed by atoms with Gasteiger partial charge in [0.2, 0.25) is 6.04 Å². The molecule has 1 unspecified atom stereocenters. The van der Waals surface area contributed by atoms with Gasteiger partial charge in [-0.25, -0.2) is 6.57 Å². The molecule has 0 N–H and O–H groups in total. The van der Waals surface area contributed by atoms with Crippen LogP contribution in [0.5, 0.6) is 0 Å². The van der Waals surface area contributed by atoms with Crippen molar-refractivity contribution in [1.29, 1.82) is 0 Å². The minimum absolute atomic E-state index is 0.0650. The van der Waals surface area contributed by atoms with Gasteiger partial charge >= 0.3 is 0 Å². The molecule has 0 saturated carbocycles. The lowest BCUT2D eigenvalue weighted by atomic mass is 9.83. The lowest BCUT2D eigenvalue weighted by Crippen LogP contribution is -2.48. The lowest BCUT2D eigenvalue weighted by Gasteiger charge is -2.41. The highest BCUT2D eigenvalue weighted by atomic mass is 16.6. The normalized spacial score (nSPS) is 39.6. The fourth-order valence-corrected chi connectivity index (χ4v) is 3.65. The maximum absolute atomic E-state index is 7.10. The lowest BCUT2D eigenvalue weighted by molar-refractivity contribution is -0.168. The van der Waals surface area contributed by atoms with E-state index in [-0.39, 0.29) is 23.9 Å². The maximum atomic E-state index is 7.10. The van der Waals surface area contributed by atoms with E-state index in [2.05, 4.69) is 18.7 Å². The Hall–Kier alpha value is -0.590. The summed E-state index contributed by atoms with van der Waals surface area (Å²) in [6.07, 6.45) is 8.33. The highest BCUT2D eigenvalue weighted by Gasteiger charge is 2.51. The molecule has 0 bridgehead atoms. The van der Waals surface area contributed by atoms with Crippen LogP contribution in [0.2, 0.25) is 0 Å². The van der Waals surface area contributed by atoms with Crippen molar-refractivity contribution < 1.29 is 9.47 Å². The number of rotatable bonds is 5. The van der Waals surface area contributed by atoms with E-state index in [1.807, 2.05) is 6.92 Å². The molecule has 2 aliphatic heterocycles. The molecule has 0 spiro atoms. The molecule has 0 aromatic rings. The van der Waals surface area contributed by atoms with Gasteiger partial charge in [0.1, 0.15) is 0 Å². The molecule has 2 heterocycles. The third-order valence-electron chi connectivity index (χ3n) is 4.70. The summed E-state index contributed by atoms with van der Waals surface area (Å²) in [5.41, 5.74) is -0.0650. The van der Waals surface area contributed by atoms with Gasteiger partial charge in [0.25, 0.3) is 0 Å². The van der Waals surface area contributed by atoms with Crippen LogP contribution < -0.4 is 0 Å². The molecule has 2 saturated heterocycles. The Labute approximate surface area is 117 Å². The molecule has 19 heavy (non-hydrogen) atoms. The average molecular weight is 265 g/mol. The van der Waals surface area contributed by atoms with Gasteiger partial charge in [0.05, 0.1) is 23.9 Å². The molecule has 0 amide bonds. The summed E-state index contributed by atoms with van der Waals surface area (Å²) in [6, 6.07) is 0.0733. The van der Waals surface area contributed by atoms with Crippen LogP contribution in [0.4, 0.5) is 0 Å². The van der Waals surface area contributed by atoms with Crippen LogP contribution in [0.3, 0.4) is 0 Å². The summed E-state index contributed by atoms with van der Waals surface area (Å²) in [4.78, 5) is 3.60. The molecule has 108 valence electrons. The van der Waals surface area contributed by atoms with Gasteiger partial charge < -0.3 is 14.3 Å². The number of fused-ring (bicyclic) bond motifs is 1. The Morgan fingerprint density at radius 3 is 2.74 bits per heavy atom. The standard InChI is InChI=1S/C16H27NO2/c1-5-7-14-11-16(6-2)15(18-14)9-8-13(19-16)10-12(3)17-4/h12-15H,5-11H2,1-3H3/t12-,13?,14+,15+,16+/m1/s1. The molecule has 3 nitrogen and oxygen atoms in total. The van der Waals surface area contributed by atoms with Crippen molar-refractivity contribution in [2.75, 3.05) is 0 Å². The number of hydrogen-bond donors (Lipinski definition) is 0. The van der Waals surface area contributed by atoms with Crippen molar-refractivity contribution in [2.24, 2.45) is 0 Å². The number of hydrogen-bond acceptors (Lipinski definition) is 2. The molecule has 0 aromatic carbocycles. The van der Waals surface area contributed by atoms with Crippen LogP contribution in [0.1, 0.15) is 65.7 Å². The zero-order chi connectivity index (χ0) is 13.9. The van der Waals surface area contributed by atoms with E-state index >= 15 is 0 Å². The molecule has 2 fully saturated rings. The first kappa shape index (κ1) is 14.8. The Kier molecular flexibility index (Phi) is 4.86. The molecule has 0 aliphatic carbocycles. The van der Waals surface area contributed by atoms with Gasteiger partial charge in [-0.1, -0.05) is 20.3 Å². The minimum Gasteiger partial charge on any atom is -0.372 e. The van der Waals surface area contributed by atoms with Crippen molar-refractivity contribution >= 4 is 0 Å². The van der Waals surface area contributed by atoms with Crippen LogP contribution in [0.25, 0.3) is 4.85 Å². The fourth-order valence-electron chi connectivity index (χ4n) is 3.65. The summed E-state index contributed by atoms with van der Waals surface area (Å²) in [5.74, 6) is 0. The second-order valence-corrected chi connectivity index (χ2v) is 6.19. The fraction of sp³-hybridized carbons (Fsp3) is 0.938. The summed E-state index contributed by atoms with van der Waals surface area (Å²) >= 11 is 0. The minimum atomic E-state index is -0.0650. The molecule has 5 atom stereocenters. The molecule has 0 aromatic heterocycles. The van der Waals surface area contributed by atoms with Crippen LogP contribution in [-0.2, 0) is 9.47 Å². The number of nitrogens with zero attached hydrogens (tertiary/aromatic N) is 1. The van der Waals surface area contributed by atoms with E-state index < -0.39 is 0 Å². The van der Waals surface area contributed by atoms with Gasteiger partial charge in [-0.3, -0.25) is 0 Å². The van der Waals surface area contributed by atoms with Gasteiger partial charge in [-0.2, -0.15) is 0 Å².